The number of hydrogen-bond donors (Lipinski definition) is 1. The molecule has 0 radical (unpaired) electrons. The van der Waals surface area contributed by atoms with E-state index in [9.17, 15) is 13.2 Å². The summed E-state index contributed by atoms with van der Waals surface area (Å²) in [5, 5.41) is 0.180. The van der Waals surface area contributed by atoms with Gasteiger partial charge in [-0.25, -0.2) is 18.2 Å². The third kappa shape index (κ3) is 6.87. The van der Waals surface area contributed by atoms with Crippen molar-refractivity contribution in [3.05, 3.63) is 71.9 Å². The van der Waals surface area contributed by atoms with E-state index in [4.69, 9.17) is 49.2 Å². The van der Waals surface area contributed by atoms with Gasteiger partial charge >= 0.3 is 6.16 Å². The molecule has 0 aliphatic carbocycles. The maximum atomic E-state index is 13.3. The number of halogens is 1. The molecule has 0 fully saturated rings. The van der Waals surface area contributed by atoms with Gasteiger partial charge in [0.25, 0.3) is 15.9 Å². The van der Waals surface area contributed by atoms with Crippen LogP contribution in [0.2, 0.25) is 5.02 Å². The van der Waals surface area contributed by atoms with E-state index < -0.39 is 16.2 Å². The molecule has 220 valence electrons. The molecule has 0 saturated heterocycles. The summed E-state index contributed by atoms with van der Waals surface area (Å²) < 4.78 is 71.2. The van der Waals surface area contributed by atoms with Gasteiger partial charge < -0.3 is 37.6 Å². The van der Waals surface area contributed by atoms with E-state index in [1.54, 1.807) is 12.1 Å². The lowest BCUT2D eigenvalue weighted by Crippen LogP contribution is -2.16. The Labute approximate surface area is 244 Å². The highest BCUT2D eigenvalue weighted by molar-refractivity contribution is 7.92. The molecular formula is C26H22ClN3O11S. The van der Waals surface area contributed by atoms with Crippen LogP contribution in [-0.2, 0) is 26.1 Å². The predicted molar refractivity (Wildman–Crippen MR) is 144 cm³/mol. The highest BCUT2D eigenvalue weighted by Crippen LogP contribution is 2.41. The molecule has 0 bridgehead atoms. The Morgan fingerprint density at radius 1 is 1.05 bits per heavy atom. The number of rotatable bonds is 12. The van der Waals surface area contributed by atoms with E-state index in [-0.39, 0.29) is 65.5 Å². The van der Waals surface area contributed by atoms with Gasteiger partial charge in [-0.15, -0.1) is 0 Å². The molecule has 42 heavy (non-hydrogen) atoms. The van der Waals surface area contributed by atoms with E-state index >= 15 is 0 Å². The van der Waals surface area contributed by atoms with Crippen LogP contribution in [0.3, 0.4) is 0 Å². The lowest BCUT2D eigenvalue weighted by atomic mass is 10.3. The second kappa shape index (κ2) is 12.7. The number of methoxy groups -OCH3 is 1. The second-order valence-electron chi connectivity index (χ2n) is 8.24. The molecule has 1 aliphatic heterocycles. The van der Waals surface area contributed by atoms with E-state index in [1.165, 1.54) is 50.0 Å². The molecule has 3 heterocycles. The van der Waals surface area contributed by atoms with Crippen molar-refractivity contribution in [2.75, 3.05) is 31.8 Å². The average molecular weight is 620 g/mol. The number of sulfonamides is 1. The molecule has 0 atom stereocenters. The number of hydrogen-bond acceptors (Lipinski definition) is 13. The molecule has 2 aromatic heterocycles. The summed E-state index contributed by atoms with van der Waals surface area (Å²) in [6.07, 6.45) is 3.01. The number of ether oxygens (including phenoxy) is 7. The van der Waals surface area contributed by atoms with Crippen LogP contribution in [0, 0.1) is 0 Å². The zero-order chi connectivity index (χ0) is 29.5. The van der Waals surface area contributed by atoms with E-state index in [0.29, 0.717) is 17.1 Å². The minimum absolute atomic E-state index is 0.0238. The number of benzene rings is 2. The Bertz CT molecular complexity index is 1670. The van der Waals surface area contributed by atoms with Gasteiger partial charge in [0.15, 0.2) is 17.3 Å². The number of furan rings is 1. The largest absolute Gasteiger partial charge is 0.508 e. The van der Waals surface area contributed by atoms with Crippen molar-refractivity contribution >= 4 is 33.6 Å². The zero-order valence-corrected chi connectivity index (χ0v) is 23.3. The van der Waals surface area contributed by atoms with Gasteiger partial charge in [-0.3, -0.25) is 4.72 Å². The van der Waals surface area contributed by atoms with Crippen molar-refractivity contribution in [1.29, 1.82) is 0 Å². The third-order valence-corrected chi connectivity index (χ3v) is 7.13. The molecule has 4 aromatic rings. The standard InChI is InChI=1S/C26H22ClN3O11S/c1-34-17-2-4-19(27)21(10-17)41-23-24(30-42(32,33)18-3-5-20-22(11-18)40-15-39-20)28-14-29-25(23)36-8-9-37-26(31)38-13-16-6-7-35-12-16/h2-7,10-12,14H,8-9,13,15H2,1H3,(H,28,29,30). The predicted octanol–water partition coefficient (Wildman–Crippen LogP) is 4.79. The van der Waals surface area contributed by atoms with Gasteiger partial charge in [-0.1, -0.05) is 11.6 Å². The van der Waals surface area contributed by atoms with Crippen LogP contribution >= 0.6 is 11.6 Å². The smallest absolute Gasteiger partial charge is 0.497 e. The molecule has 1 N–H and O–H groups in total. The lowest BCUT2D eigenvalue weighted by Gasteiger charge is -2.16. The van der Waals surface area contributed by atoms with Gasteiger partial charge in [0, 0.05) is 17.7 Å². The maximum absolute atomic E-state index is 13.3. The van der Waals surface area contributed by atoms with Crippen molar-refractivity contribution in [3.63, 3.8) is 0 Å². The average Bonchev–Trinajstić information content (AvgIpc) is 3.68. The molecule has 16 heteroatoms. The van der Waals surface area contributed by atoms with Gasteiger partial charge in [0.1, 0.15) is 37.6 Å². The molecule has 0 saturated carbocycles. The van der Waals surface area contributed by atoms with Crippen molar-refractivity contribution in [1.82, 2.24) is 9.97 Å². The number of carbonyl (C=O) groups is 1. The first-order chi connectivity index (χ1) is 20.3. The lowest BCUT2D eigenvalue weighted by molar-refractivity contribution is 0.0406. The fourth-order valence-corrected chi connectivity index (χ4v) is 4.66. The van der Waals surface area contributed by atoms with Crippen molar-refractivity contribution in [2.45, 2.75) is 11.5 Å². The Morgan fingerprint density at radius 2 is 1.90 bits per heavy atom. The van der Waals surface area contributed by atoms with Crippen molar-refractivity contribution in [3.8, 4) is 34.6 Å². The Morgan fingerprint density at radius 3 is 2.71 bits per heavy atom. The Balaban J connectivity index is 1.34. The molecule has 0 unspecified atom stereocenters. The number of fused-ring (bicyclic) bond motifs is 1. The zero-order valence-electron chi connectivity index (χ0n) is 21.8. The fourth-order valence-electron chi connectivity index (χ4n) is 3.48. The van der Waals surface area contributed by atoms with Crippen LogP contribution in [-0.4, -0.2) is 51.7 Å². The van der Waals surface area contributed by atoms with Crippen LogP contribution in [0.25, 0.3) is 0 Å². The topological polar surface area (TPSA) is 167 Å². The summed E-state index contributed by atoms with van der Waals surface area (Å²) in [5.41, 5.74) is 0.651. The van der Waals surface area contributed by atoms with Gasteiger partial charge in [0.2, 0.25) is 12.5 Å². The summed E-state index contributed by atoms with van der Waals surface area (Å²) >= 11 is 6.32. The first-order valence-electron chi connectivity index (χ1n) is 12.0. The minimum atomic E-state index is -4.21. The highest BCUT2D eigenvalue weighted by atomic mass is 35.5. The quantitative estimate of drug-likeness (QED) is 0.170. The van der Waals surface area contributed by atoms with Crippen LogP contribution in [0.4, 0.5) is 10.6 Å². The molecule has 0 amide bonds. The number of carbonyl (C=O) groups excluding carboxylic acids is 1. The second-order valence-corrected chi connectivity index (χ2v) is 10.3. The highest BCUT2D eigenvalue weighted by Gasteiger charge is 2.25. The number of aromatic nitrogens is 2. The molecule has 2 aromatic carbocycles. The SMILES string of the molecule is COc1ccc(Cl)c(Oc2c(NS(=O)(=O)c3ccc4c(c3)OCO4)ncnc2OCCOC(=O)OCc2ccoc2)c1. The van der Waals surface area contributed by atoms with Gasteiger partial charge in [-0.05, 0) is 30.3 Å². The van der Waals surface area contributed by atoms with Gasteiger partial charge in [0.05, 0.1) is 29.6 Å². The number of nitrogens with zero attached hydrogens (tertiary/aromatic N) is 2. The van der Waals surface area contributed by atoms with E-state index in [1.807, 2.05) is 0 Å². The van der Waals surface area contributed by atoms with Crippen molar-refractivity contribution in [2.24, 2.45) is 0 Å². The molecular weight excluding hydrogens is 598 g/mol. The van der Waals surface area contributed by atoms with Crippen LogP contribution in [0.5, 0.6) is 34.6 Å². The molecule has 5 rings (SSSR count). The van der Waals surface area contributed by atoms with Crippen LogP contribution in [0.1, 0.15) is 5.56 Å². The minimum Gasteiger partial charge on any atom is -0.497 e. The Kier molecular flexibility index (Phi) is 8.68. The first-order valence-corrected chi connectivity index (χ1v) is 13.9. The summed E-state index contributed by atoms with van der Waals surface area (Å²) in [6.45, 7) is -0.488. The summed E-state index contributed by atoms with van der Waals surface area (Å²) in [5.74, 6) is 0.527. The Hall–Kier alpha value is -4.89. The maximum Gasteiger partial charge on any atom is 0.508 e. The monoisotopic (exact) mass is 619 g/mol. The molecule has 14 nitrogen and oxygen atoms in total. The fraction of sp³-hybridized carbons (Fsp3) is 0.192. The van der Waals surface area contributed by atoms with E-state index in [0.717, 1.165) is 6.33 Å². The van der Waals surface area contributed by atoms with Crippen LogP contribution in [0.15, 0.2) is 70.6 Å². The summed E-state index contributed by atoms with van der Waals surface area (Å²) in [4.78, 5) is 19.9. The van der Waals surface area contributed by atoms with Gasteiger partial charge in [-0.2, -0.15) is 4.98 Å². The number of nitrogens with one attached hydrogen (secondary N) is 1. The first kappa shape index (κ1) is 28.6. The molecule has 1 aliphatic rings. The summed E-state index contributed by atoms with van der Waals surface area (Å²) in [7, 11) is -2.76. The van der Waals surface area contributed by atoms with E-state index in [2.05, 4.69) is 14.7 Å². The van der Waals surface area contributed by atoms with Crippen LogP contribution < -0.4 is 28.4 Å². The third-order valence-electron chi connectivity index (χ3n) is 5.49. The summed E-state index contributed by atoms with van der Waals surface area (Å²) in [6, 6.07) is 10.4. The normalized spacial score (nSPS) is 12.0. The molecule has 0 spiro atoms. The van der Waals surface area contributed by atoms with Crippen molar-refractivity contribution < 1.29 is 50.8 Å². The number of anilines is 1.